The van der Waals surface area contributed by atoms with Gasteiger partial charge in [-0.2, -0.15) is 0 Å². The van der Waals surface area contributed by atoms with Crippen molar-refractivity contribution in [3.05, 3.63) is 115 Å². The van der Waals surface area contributed by atoms with Crippen molar-refractivity contribution < 1.29 is 38.8 Å². The Hall–Kier alpha value is -5.31. The highest BCUT2D eigenvalue weighted by atomic mass is 32.2. The van der Waals surface area contributed by atoms with Crippen molar-refractivity contribution >= 4 is 41.2 Å². The second-order valence-corrected chi connectivity index (χ2v) is 12.0. The Morgan fingerprint density at radius 2 is 1.51 bits per heavy atom. The first kappa shape index (κ1) is 31.1. The van der Waals surface area contributed by atoms with Crippen LogP contribution in [0.3, 0.4) is 0 Å². The number of nitrogens with zero attached hydrogens (tertiary/aromatic N) is 4. The summed E-state index contributed by atoms with van der Waals surface area (Å²) in [6.45, 7) is 2.84. The van der Waals surface area contributed by atoms with Gasteiger partial charge in [0.05, 0.1) is 21.8 Å². The molecule has 232 valence electrons. The van der Waals surface area contributed by atoms with Crippen molar-refractivity contribution in [3.63, 3.8) is 0 Å². The maximum Gasteiger partial charge on any atom is 0.509 e. The van der Waals surface area contributed by atoms with Gasteiger partial charge in [0.15, 0.2) is 0 Å². The fourth-order valence-corrected chi connectivity index (χ4v) is 6.76. The summed E-state index contributed by atoms with van der Waals surface area (Å²) in [5.74, 6) is -3.34. The highest BCUT2D eigenvalue weighted by Crippen LogP contribution is 2.55. The summed E-state index contributed by atoms with van der Waals surface area (Å²) in [4.78, 5) is 66.3. The normalized spacial score (nSPS) is 19.0. The molecule has 1 amide bonds. The van der Waals surface area contributed by atoms with Gasteiger partial charge in [-0.15, -0.1) is 0 Å². The molecule has 1 fully saturated rings. The molecule has 5 rings (SSSR count). The fraction of sp³-hybridized carbons (Fsp3) is 0.267. The molecule has 1 unspecified atom stereocenters. The average Bonchev–Trinajstić information content (AvgIpc) is 3.25. The summed E-state index contributed by atoms with van der Waals surface area (Å²) in [5.41, 5.74) is -0.660. The number of carboxylic acid groups (broad SMARTS) is 1. The van der Waals surface area contributed by atoms with Crippen LogP contribution in [0.4, 0.5) is 16.2 Å². The molecule has 45 heavy (non-hydrogen) atoms. The summed E-state index contributed by atoms with van der Waals surface area (Å²) >= 11 is 1.19. The zero-order chi connectivity index (χ0) is 32.5. The Morgan fingerprint density at radius 3 is 2.04 bits per heavy atom. The van der Waals surface area contributed by atoms with Gasteiger partial charge in [0.2, 0.25) is 5.91 Å². The second-order valence-electron chi connectivity index (χ2n) is 10.9. The van der Waals surface area contributed by atoms with E-state index in [1.54, 1.807) is 36.7 Å². The van der Waals surface area contributed by atoms with E-state index >= 15 is 0 Å². The molecule has 3 atom stereocenters. The number of benzene rings is 2. The van der Waals surface area contributed by atoms with E-state index < -0.39 is 51.4 Å². The number of amides is 1. The number of fused-ring (bicyclic) bond motifs is 1. The van der Waals surface area contributed by atoms with Gasteiger partial charge in [-0.3, -0.25) is 30.0 Å². The molecule has 2 aliphatic heterocycles. The van der Waals surface area contributed by atoms with Gasteiger partial charge in [-0.05, 0) is 55.7 Å². The van der Waals surface area contributed by atoms with Gasteiger partial charge in [0.25, 0.3) is 11.4 Å². The van der Waals surface area contributed by atoms with Crippen LogP contribution in [0.15, 0.2) is 88.6 Å². The quantitative estimate of drug-likeness (QED) is 0.127. The number of hydrogen-bond acceptors (Lipinski definition) is 11. The van der Waals surface area contributed by atoms with Crippen LogP contribution in [0.2, 0.25) is 0 Å². The number of ether oxygens (including phenoxy) is 2. The third-order valence-corrected chi connectivity index (χ3v) is 8.87. The molecule has 0 aliphatic carbocycles. The number of carbonyl (C=O) groups excluding carboxylic acids is 2. The van der Waals surface area contributed by atoms with E-state index in [0.717, 1.165) is 0 Å². The molecule has 0 radical (unpaired) electrons. The maximum absolute atomic E-state index is 13.6. The molecule has 0 bridgehead atoms. The standard InChI is InChI=1S/C30H26N4O10S/c1-30(2,44-29(38)43-16-18-5-9-20(10-6-18)34(41)42)23-24-22(15-17-3-7-19(8-4-17)33(39)40)26(45-21-11-13-31-14-12-21)25(28(36)37)32(24)27(23)35/h3-14,22-24H,15-16H2,1-2H3,(H,36,37)/t22?,23-,24+/m1/s1. The monoisotopic (exact) mass is 634 g/mol. The number of β-lactam (4-membered cyclic amide) rings is 1. The zero-order valence-corrected chi connectivity index (χ0v) is 24.7. The third kappa shape index (κ3) is 6.33. The van der Waals surface area contributed by atoms with Crippen LogP contribution in [-0.2, 0) is 32.1 Å². The first-order chi connectivity index (χ1) is 21.4. The molecule has 3 heterocycles. The minimum atomic E-state index is -1.43. The first-order valence-corrected chi connectivity index (χ1v) is 14.4. The van der Waals surface area contributed by atoms with Crippen LogP contribution in [0.5, 0.6) is 0 Å². The molecule has 1 N–H and O–H groups in total. The largest absolute Gasteiger partial charge is 0.509 e. The summed E-state index contributed by atoms with van der Waals surface area (Å²) in [6.07, 6.45) is 2.29. The van der Waals surface area contributed by atoms with Crippen LogP contribution in [0.25, 0.3) is 0 Å². The SMILES string of the molecule is CC(C)(OC(=O)OCc1ccc([N+](=O)[O-])cc1)[C@H]1C(=O)N2C(C(=O)O)=C(Sc3ccncc3)C(Cc3ccc([N+](=O)[O-])cc3)[C@@H]12. The predicted molar refractivity (Wildman–Crippen MR) is 158 cm³/mol. The zero-order valence-electron chi connectivity index (χ0n) is 23.9. The molecular formula is C30H26N4O10S. The summed E-state index contributed by atoms with van der Waals surface area (Å²) < 4.78 is 10.8. The van der Waals surface area contributed by atoms with Crippen LogP contribution in [0.1, 0.15) is 25.0 Å². The van der Waals surface area contributed by atoms with Gasteiger partial charge in [0.1, 0.15) is 17.9 Å². The van der Waals surface area contributed by atoms with Crippen LogP contribution in [0, 0.1) is 32.1 Å². The second kappa shape index (κ2) is 12.4. The Balaban J connectivity index is 1.40. The van der Waals surface area contributed by atoms with Crippen molar-refractivity contribution in [2.24, 2.45) is 11.8 Å². The molecule has 2 aliphatic rings. The molecule has 3 aromatic rings. The molecule has 0 saturated carbocycles. The molecule has 1 aromatic heterocycles. The maximum atomic E-state index is 13.6. The van der Waals surface area contributed by atoms with Gasteiger partial charge in [-0.1, -0.05) is 23.9 Å². The van der Waals surface area contributed by atoms with E-state index in [9.17, 15) is 39.7 Å². The molecule has 0 spiro atoms. The lowest BCUT2D eigenvalue weighted by atomic mass is 9.71. The van der Waals surface area contributed by atoms with E-state index in [1.165, 1.54) is 66.9 Å². The highest BCUT2D eigenvalue weighted by molar-refractivity contribution is 8.03. The minimum Gasteiger partial charge on any atom is -0.477 e. The van der Waals surface area contributed by atoms with Gasteiger partial charge in [-0.25, -0.2) is 9.59 Å². The molecule has 15 heteroatoms. The van der Waals surface area contributed by atoms with E-state index in [1.807, 2.05) is 0 Å². The Labute approximate surface area is 260 Å². The van der Waals surface area contributed by atoms with E-state index in [-0.39, 0.29) is 30.1 Å². The lowest BCUT2D eigenvalue weighted by Gasteiger charge is -2.51. The minimum absolute atomic E-state index is 0.0987. The third-order valence-electron chi connectivity index (χ3n) is 7.65. The summed E-state index contributed by atoms with van der Waals surface area (Å²) in [5, 5.41) is 32.3. The van der Waals surface area contributed by atoms with Crippen molar-refractivity contribution in [1.82, 2.24) is 9.88 Å². The van der Waals surface area contributed by atoms with Crippen molar-refractivity contribution in [2.45, 2.75) is 43.4 Å². The summed E-state index contributed by atoms with van der Waals surface area (Å²) in [6, 6.07) is 14.0. The molecule has 14 nitrogen and oxygen atoms in total. The smallest absolute Gasteiger partial charge is 0.477 e. The topological polar surface area (TPSA) is 192 Å². The summed E-state index contributed by atoms with van der Waals surface area (Å²) in [7, 11) is 0. The van der Waals surface area contributed by atoms with Gasteiger partial charge >= 0.3 is 12.1 Å². The first-order valence-electron chi connectivity index (χ1n) is 13.6. The molecule has 2 aromatic carbocycles. The highest BCUT2D eigenvalue weighted by Gasteiger charge is 2.65. The van der Waals surface area contributed by atoms with Crippen LogP contribution >= 0.6 is 11.8 Å². The average molecular weight is 635 g/mol. The number of aliphatic carboxylic acids is 1. The Kier molecular flexibility index (Phi) is 8.55. The van der Waals surface area contributed by atoms with Crippen molar-refractivity contribution in [3.8, 4) is 0 Å². The number of hydrogen-bond donors (Lipinski definition) is 1. The van der Waals surface area contributed by atoms with Crippen LogP contribution in [-0.4, -0.2) is 54.5 Å². The van der Waals surface area contributed by atoms with E-state index in [2.05, 4.69) is 4.98 Å². The molecular weight excluding hydrogens is 608 g/mol. The van der Waals surface area contributed by atoms with Gasteiger partial charge in [0, 0.05) is 52.4 Å². The number of carboxylic acids is 1. The van der Waals surface area contributed by atoms with Crippen molar-refractivity contribution in [2.75, 3.05) is 0 Å². The predicted octanol–water partition coefficient (Wildman–Crippen LogP) is 5.12. The number of pyridine rings is 1. The van der Waals surface area contributed by atoms with Gasteiger partial charge < -0.3 is 19.5 Å². The number of nitro groups is 2. The fourth-order valence-electron chi connectivity index (χ4n) is 5.59. The Bertz CT molecular complexity index is 1690. The number of nitro benzene ring substituents is 2. The number of aromatic nitrogens is 1. The van der Waals surface area contributed by atoms with Crippen molar-refractivity contribution in [1.29, 1.82) is 0 Å². The lowest BCUT2D eigenvalue weighted by molar-refractivity contribution is -0.385. The van der Waals surface area contributed by atoms with Crippen LogP contribution < -0.4 is 0 Å². The van der Waals surface area contributed by atoms with E-state index in [4.69, 9.17) is 9.47 Å². The number of carbonyl (C=O) groups is 3. The Morgan fingerprint density at radius 1 is 0.956 bits per heavy atom. The number of thioether (sulfide) groups is 1. The van der Waals surface area contributed by atoms with E-state index in [0.29, 0.717) is 20.9 Å². The number of rotatable bonds is 11. The molecule has 1 saturated heterocycles. The lowest BCUT2D eigenvalue weighted by Crippen LogP contribution is -2.67. The number of non-ortho nitro benzene ring substituents is 2.